The number of anilines is 2. The molecule has 0 unspecified atom stereocenters. The summed E-state index contributed by atoms with van der Waals surface area (Å²) in [5.74, 6) is 0.491. The highest BCUT2D eigenvalue weighted by atomic mass is 19.1. The van der Waals surface area contributed by atoms with Crippen molar-refractivity contribution < 1.29 is 4.39 Å². The van der Waals surface area contributed by atoms with Crippen LogP contribution in [0, 0.1) is 5.82 Å². The summed E-state index contributed by atoms with van der Waals surface area (Å²) in [6.45, 7) is 7.17. The monoisotopic (exact) mass is 269 g/mol. The number of nitrogens with zero attached hydrogens (tertiary/aromatic N) is 4. The maximum absolute atomic E-state index is 13.8. The third-order valence-corrected chi connectivity index (χ3v) is 2.78. The van der Waals surface area contributed by atoms with Gasteiger partial charge in [-0.1, -0.05) is 0 Å². The number of rotatable bonds is 8. The molecule has 0 radical (unpaired) electrons. The van der Waals surface area contributed by atoms with Gasteiger partial charge in [-0.25, -0.2) is 9.37 Å². The van der Waals surface area contributed by atoms with E-state index in [1.165, 1.54) is 6.20 Å². The molecule has 0 bridgehead atoms. The predicted octanol–water partition coefficient (Wildman–Crippen LogP) is 1.83. The van der Waals surface area contributed by atoms with Crippen molar-refractivity contribution in [3.05, 3.63) is 12.0 Å². The molecule has 0 fully saturated rings. The standard InChI is InChI=1S/C13H24FN5/c1-5-15-13-16-10-11(14)12(17-13)19(6-2)9-7-8-18(3)4/h10H,5-9H2,1-4H3,(H,15,16,17). The molecule has 0 atom stereocenters. The topological polar surface area (TPSA) is 44.3 Å². The average molecular weight is 269 g/mol. The maximum atomic E-state index is 13.8. The van der Waals surface area contributed by atoms with E-state index in [0.29, 0.717) is 11.8 Å². The summed E-state index contributed by atoms with van der Waals surface area (Å²) >= 11 is 0. The van der Waals surface area contributed by atoms with E-state index >= 15 is 0 Å². The Bertz CT molecular complexity index is 383. The fraction of sp³-hybridized carbons (Fsp3) is 0.692. The molecule has 108 valence electrons. The lowest BCUT2D eigenvalue weighted by atomic mass is 10.3. The van der Waals surface area contributed by atoms with Crippen molar-refractivity contribution in [3.63, 3.8) is 0 Å². The Morgan fingerprint density at radius 2 is 2.00 bits per heavy atom. The van der Waals surface area contributed by atoms with Crippen LogP contribution in [0.4, 0.5) is 16.2 Å². The number of hydrogen-bond donors (Lipinski definition) is 1. The molecule has 0 amide bonds. The first-order valence-corrected chi connectivity index (χ1v) is 6.74. The van der Waals surface area contributed by atoms with Crippen molar-refractivity contribution in [2.75, 3.05) is 50.5 Å². The molecule has 1 aromatic heterocycles. The van der Waals surface area contributed by atoms with E-state index in [1.807, 2.05) is 32.8 Å². The van der Waals surface area contributed by atoms with E-state index in [9.17, 15) is 4.39 Å². The van der Waals surface area contributed by atoms with Crippen LogP contribution in [0.5, 0.6) is 0 Å². The summed E-state index contributed by atoms with van der Waals surface area (Å²) in [7, 11) is 4.07. The van der Waals surface area contributed by atoms with Crippen LogP contribution in [-0.4, -0.2) is 55.1 Å². The second kappa shape index (κ2) is 7.89. The van der Waals surface area contributed by atoms with Crippen LogP contribution in [-0.2, 0) is 0 Å². The third-order valence-electron chi connectivity index (χ3n) is 2.78. The summed E-state index contributed by atoms with van der Waals surface area (Å²) in [6, 6.07) is 0. The molecule has 1 aromatic rings. The number of nitrogens with one attached hydrogen (secondary N) is 1. The Morgan fingerprint density at radius 3 is 2.58 bits per heavy atom. The molecule has 0 spiro atoms. The van der Waals surface area contributed by atoms with Crippen LogP contribution < -0.4 is 10.2 Å². The van der Waals surface area contributed by atoms with E-state index in [-0.39, 0.29) is 5.82 Å². The quantitative estimate of drug-likeness (QED) is 0.780. The van der Waals surface area contributed by atoms with Crippen molar-refractivity contribution in [2.45, 2.75) is 20.3 Å². The minimum Gasteiger partial charge on any atom is -0.354 e. The number of aromatic nitrogens is 2. The largest absolute Gasteiger partial charge is 0.354 e. The predicted molar refractivity (Wildman–Crippen MR) is 77.2 cm³/mol. The molecule has 0 saturated heterocycles. The summed E-state index contributed by atoms with van der Waals surface area (Å²) in [6.07, 6.45) is 2.20. The SMILES string of the molecule is CCNc1ncc(F)c(N(CC)CCCN(C)C)n1. The normalized spacial score (nSPS) is 10.8. The van der Waals surface area contributed by atoms with Gasteiger partial charge in [-0.2, -0.15) is 4.98 Å². The Labute approximate surface area is 114 Å². The zero-order valence-corrected chi connectivity index (χ0v) is 12.3. The van der Waals surface area contributed by atoms with Crippen LogP contribution in [0.2, 0.25) is 0 Å². The van der Waals surface area contributed by atoms with Gasteiger partial charge in [0.25, 0.3) is 0 Å². The molecular weight excluding hydrogens is 245 g/mol. The minimum atomic E-state index is -0.367. The zero-order chi connectivity index (χ0) is 14.3. The average Bonchev–Trinajstić information content (AvgIpc) is 2.37. The fourth-order valence-corrected chi connectivity index (χ4v) is 1.81. The van der Waals surface area contributed by atoms with Gasteiger partial charge in [-0.05, 0) is 40.9 Å². The highest BCUT2D eigenvalue weighted by Crippen LogP contribution is 2.17. The van der Waals surface area contributed by atoms with Crippen molar-refractivity contribution in [1.82, 2.24) is 14.9 Å². The molecule has 1 heterocycles. The molecule has 0 saturated carbocycles. The van der Waals surface area contributed by atoms with Gasteiger partial charge in [-0.15, -0.1) is 0 Å². The summed E-state index contributed by atoms with van der Waals surface area (Å²) < 4.78 is 13.8. The lowest BCUT2D eigenvalue weighted by molar-refractivity contribution is 0.400. The van der Waals surface area contributed by atoms with Gasteiger partial charge in [-0.3, -0.25) is 0 Å². The van der Waals surface area contributed by atoms with Gasteiger partial charge >= 0.3 is 0 Å². The Balaban J connectivity index is 2.75. The van der Waals surface area contributed by atoms with Crippen molar-refractivity contribution >= 4 is 11.8 Å². The lowest BCUT2D eigenvalue weighted by Crippen LogP contribution is -2.29. The molecule has 0 aliphatic heterocycles. The maximum Gasteiger partial charge on any atom is 0.224 e. The Morgan fingerprint density at radius 1 is 1.26 bits per heavy atom. The molecule has 0 aliphatic rings. The van der Waals surface area contributed by atoms with Crippen LogP contribution in [0.3, 0.4) is 0 Å². The molecule has 6 heteroatoms. The second-order valence-corrected chi connectivity index (χ2v) is 4.63. The van der Waals surface area contributed by atoms with Crippen molar-refractivity contribution in [1.29, 1.82) is 0 Å². The Hall–Kier alpha value is -1.43. The van der Waals surface area contributed by atoms with Crippen LogP contribution in [0.25, 0.3) is 0 Å². The molecule has 1 rings (SSSR count). The van der Waals surface area contributed by atoms with Gasteiger partial charge in [0.2, 0.25) is 5.95 Å². The molecule has 0 aromatic carbocycles. The van der Waals surface area contributed by atoms with E-state index in [4.69, 9.17) is 0 Å². The van der Waals surface area contributed by atoms with E-state index in [0.717, 1.165) is 32.6 Å². The first-order valence-electron chi connectivity index (χ1n) is 6.74. The van der Waals surface area contributed by atoms with Gasteiger partial charge in [0.15, 0.2) is 11.6 Å². The summed E-state index contributed by atoms with van der Waals surface area (Å²) in [5.41, 5.74) is 0. The van der Waals surface area contributed by atoms with E-state index < -0.39 is 0 Å². The van der Waals surface area contributed by atoms with Crippen LogP contribution >= 0.6 is 0 Å². The van der Waals surface area contributed by atoms with E-state index in [1.54, 1.807) is 0 Å². The first kappa shape index (κ1) is 15.6. The molecule has 1 N–H and O–H groups in total. The highest BCUT2D eigenvalue weighted by molar-refractivity contribution is 5.43. The Kier molecular flexibility index (Phi) is 6.49. The van der Waals surface area contributed by atoms with Crippen molar-refractivity contribution in [3.8, 4) is 0 Å². The molecule has 19 heavy (non-hydrogen) atoms. The lowest BCUT2D eigenvalue weighted by Gasteiger charge is -2.23. The van der Waals surface area contributed by atoms with Crippen LogP contribution in [0.15, 0.2) is 6.20 Å². The van der Waals surface area contributed by atoms with Gasteiger partial charge in [0.05, 0.1) is 6.20 Å². The van der Waals surface area contributed by atoms with Gasteiger partial charge < -0.3 is 15.1 Å². The zero-order valence-electron chi connectivity index (χ0n) is 12.3. The molecular formula is C13H24FN5. The van der Waals surface area contributed by atoms with E-state index in [2.05, 4.69) is 20.2 Å². The summed E-state index contributed by atoms with van der Waals surface area (Å²) in [4.78, 5) is 12.2. The first-order chi connectivity index (χ1) is 9.08. The van der Waals surface area contributed by atoms with Gasteiger partial charge in [0.1, 0.15) is 0 Å². The summed E-state index contributed by atoms with van der Waals surface area (Å²) in [5, 5.41) is 3.00. The number of hydrogen-bond acceptors (Lipinski definition) is 5. The smallest absolute Gasteiger partial charge is 0.224 e. The fourth-order valence-electron chi connectivity index (χ4n) is 1.81. The minimum absolute atomic E-state index is 0.367. The second-order valence-electron chi connectivity index (χ2n) is 4.63. The van der Waals surface area contributed by atoms with Gasteiger partial charge in [0, 0.05) is 19.6 Å². The highest BCUT2D eigenvalue weighted by Gasteiger charge is 2.13. The van der Waals surface area contributed by atoms with Crippen LogP contribution in [0.1, 0.15) is 20.3 Å². The van der Waals surface area contributed by atoms with Crippen molar-refractivity contribution in [2.24, 2.45) is 0 Å². The number of halogens is 1. The third kappa shape index (κ3) is 4.98. The molecule has 5 nitrogen and oxygen atoms in total. The molecule has 0 aliphatic carbocycles.